The zero-order valence-corrected chi connectivity index (χ0v) is 9.19. The Morgan fingerprint density at radius 1 is 1.40 bits per heavy atom. The van der Waals surface area contributed by atoms with E-state index in [9.17, 15) is 0 Å². The van der Waals surface area contributed by atoms with Gasteiger partial charge in [0, 0.05) is 44.5 Å². The standard InChI is InChI=1S/C11H18N4/c1-14-6-5-11(13-14)12-9-4-7-15(8-9)10-2-3-10/h5-6,9-10H,2-4,7-8H2,1H3,(H,12,13). The fourth-order valence-corrected chi connectivity index (χ4v) is 2.38. The van der Waals surface area contributed by atoms with Gasteiger partial charge in [-0.2, -0.15) is 5.10 Å². The molecule has 1 saturated heterocycles. The molecule has 1 aliphatic carbocycles. The second-order valence-electron chi connectivity index (χ2n) is 4.73. The molecule has 1 aromatic heterocycles. The van der Waals surface area contributed by atoms with Crippen LogP contribution >= 0.6 is 0 Å². The Balaban J connectivity index is 1.56. The lowest BCUT2D eigenvalue weighted by Gasteiger charge is -2.15. The second kappa shape index (κ2) is 3.52. The maximum atomic E-state index is 4.35. The van der Waals surface area contributed by atoms with Gasteiger partial charge in [0.25, 0.3) is 0 Å². The molecule has 2 heterocycles. The van der Waals surface area contributed by atoms with Crippen LogP contribution in [0.3, 0.4) is 0 Å². The molecule has 4 nitrogen and oxygen atoms in total. The van der Waals surface area contributed by atoms with E-state index >= 15 is 0 Å². The Kier molecular flexibility index (Phi) is 2.16. The van der Waals surface area contributed by atoms with Crippen LogP contribution in [0.1, 0.15) is 19.3 Å². The van der Waals surface area contributed by atoms with E-state index in [1.54, 1.807) is 0 Å². The summed E-state index contributed by atoms with van der Waals surface area (Å²) in [5, 5.41) is 7.85. The van der Waals surface area contributed by atoms with Gasteiger partial charge in [0.1, 0.15) is 5.82 Å². The summed E-state index contributed by atoms with van der Waals surface area (Å²) in [5.74, 6) is 1.01. The molecular weight excluding hydrogens is 188 g/mol. The Labute approximate surface area is 90.3 Å². The summed E-state index contributed by atoms with van der Waals surface area (Å²) in [6.45, 7) is 2.45. The van der Waals surface area contributed by atoms with E-state index in [-0.39, 0.29) is 0 Å². The van der Waals surface area contributed by atoms with Crippen LogP contribution < -0.4 is 5.32 Å². The molecule has 82 valence electrons. The molecule has 2 aliphatic rings. The Morgan fingerprint density at radius 3 is 2.93 bits per heavy atom. The maximum Gasteiger partial charge on any atom is 0.148 e. The molecule has 0 radical (unpaired) electrons. The predicted molar refractivity (Wildman–Crippen MR) is 59.8 cm³/mol. The molecule has 1 atom stereocenters. The van der Waals surface area contributed by atoms with E-state index in [4.69, 9.17) is 0 Å². The van der Waals surface area contributed by atoms with Crippen LogP contribution in [-0.2, 0) is 7.05 Å². The SMILES string of the molecule is Cn1ccc(NC2CCN(C3CC3)C2)n1. The van der Waals surface area contributed by atoms with Crippen LogP contribution in [0.2, 0.25) is 0 Å². The highest BCUT2D eigenvalue weighted by Crippen LogP contribution is 2.30. The van der Waals surface area contributed by atoms with Crippen molar-refractivity contribution in [2.24, 2.45) is 7.05 Å². The van der Waals surface area contributed by atoms with E-state index in [1.807, 2.05) is 24.0 Å². The van der Waals surface area contributed by atoms with E-state index in [1.165, 1.54) is 32.4 Å². The van der Waals surface area contributed by atoms with Crippen LogP contribution in [0.5, 0.6) is 0 Å². The summed E-state index contributed by atoms with van der Waals surface area (Å²) in [7, 11) is 1.95. The first kappa shape index (κ1) is 9.21. The Bertz CT molecular complexity index is 342. The summed E-state index contributed by atoms with van der Waals surface area (Å²) in [4.78, 5) is 2.61. The first-order valence-corrected chi connectivity index (χ1v) is 5.81. The third-order valence-corrected chi connectivity index (χ3v) is 3.35. The van der Waals surface area contributed by atoms with Gasteiger partial charge in [0.15, 0.2) is 0 Å². The van der Waals surface area contributed by atoms with Crippen molar-refractivity contribution >= 4 is 5.82 Å². The molecule has 3 rings (SSSR count). The third kappa shape index (κ3) is 2.00. The molecule has 0 amide bonds. The molecule has 1 unspecified atom stereocenters. The summed E-state index contributed by atoms with van der Waals surface area (Å²) < 4.78 is 1.84. The van der Waals surface area contributed by atoms with Crippen molar-refractivity contribution in [2.45, 2.75) is 31.3 Å². The van der Waals surface area contributed by atoms with Gasteiger partial charge in [-0.3, -0.25) is 9.58 Å². The minimum Gasteiger partial charge on any atom is -0.365 e. The van der Waals surface area contributed by atoms with Gasteiger partial charge in [-0.15, -0.1) is 0 Å². The van der Waals surface area contributed by atoms with Crippen molar-refractivity contribution in [3.8, 4) is 0 Å². The molecule has 1 saturated carbocycles. The highest BCUT2D eigenvalue weighted by molar-refractivity contribution is 5.34. The van der Waals surface area contributed by atoms with Crippen molar-refractivity contribution in [1.29, 1.82) is 0 Å². The van der Waals surface area contributed by atoms with Gasteiger partial charge in [-0.1, -0.05) is 0 Å². The van der Waals surface area contributed by atoms with E-state index in [2.05, 4.69) is 15.3 Å². The van der Waals surface area contributed by atoms with Gasteiger partial charge < -0.3 is 5.32 Å². The molecule has 1 N–H and O–H groups in total. The van der Waals surface area contributed by atoms with Crippen molar-refractivity contribution in [3.63, 3.8) is 0 Å². The molecule has 0 spiro atoms. The monoisotopic (exact) mass is 206 g/mol. The second-order valence-corrected chi connectivity index (χ2v) is 4.73. The molecule has 0 aromatic carbocycles. The van der Waals surface area contributed by atoms with Gasteiger partial charge in [0.05, 0.1) is 0 Å². The summed E-state index contributed by atoms with van der Waals surface area (Å²) in [6.07, 6.45) is 6.07. The van der Waals surface area contributed by atoms with Crippen molar-refractivity contribution in [3.05, 3.63) is 12.3 Å². The van der Waals surface area contributed by atoms with E-state index < -0.39 is 0 Å². The molecule has 0 bridgehead atoms. The number of hydrogen-bond acceptors (Lipinski definition) is 3. The van der Waals surface area contributed by atoms with Crippen molar-refractivity contribution in [2.75, 3.05) is 18.4 Å². The number of likely N-dealkylation sites (tertiary alicyclic amines) is 1. The average Bonchev–Trinajstić information content (AvgIpc) is 2.84. The maximum absolute atomic E-state index is 4.35. The quantitative estimate of drug-likeness (QED) is 0.803. The summed E-state index contributed by atoms with van der Waals surface area (Å²) >= 11 is 0. The first-order chi connectivity index (χ1) is 7.31. The van der Waals surface area contributed by atoms with Gasteiger partial charge >= 0.3 is 0 Å². The van der Waals surface area contributed by atoms with Gasteiger partial charge in [0.2, 0.25) is 0 Å². The van der Waals surface area contributed by atoms with Gasteiger partial charge in [-0.25, -0.2) is 0 Å². The van der Waals surface area contributed by atoms with E-state index in [0.29, 0.717) is 6.04 Å². The lowest BCUT2D eigenvalue weighted by atomic mass is 10.3. The zero-order chi connectivity index (χ0) is 10.3. The Hall–Kier alpha value is -1.03. The zero-order valence-electron chi connectivity index (χ0n) is 9.19. The summed E-state index contributed by atoms with van der Waals surface area (Å²) in [5.41, 5.74) is 0. The fraction of sp³-hybridized carbons (Fsp3) is 0.727. The van der Waals surface area contributed by atoms with Crippen molar-refractivity contribution in [1.82, 2.24) is 14.7 Å². The van der Waals surface area contributed by atoms with Gasteiger partial charge in [-0.05, 0) is 19.3 Å². The molecule has 1 aromatic rings. The number of nitrogens with zero attached hydrogens (tertiary/aromatic N) is 3. The molecule has 15 heavy (non-hydrogen) atoms. The molecule has 4 heteroatoms. The lowest BCUT2D eigenvalue weighted by Crippen LogP contribution is -2.27. The highest BCUT2D eigenvalue weighted by Gasteiger charge is 2.34. The molecular formula is C11H18N4. The smallest absolute Gasteiger partial charge is 0.148 e. The van der Waals surface area contributed by atoms with Crippen LogP contribution in [0.25, 0.3) is 0 Å². The van der Waals surface area contributed by atoms with Crippen LogP contribution in [-0.4, -0.2) is 39.9 Å². The van der Waals surface area contributed by atoms with Crippen LogP contribution in [0, 0.1) is 0 Å². The minimum atomic E-state index is 0.598. The average molecular weight is 206 g/mol. The van der Waals surface area contributed by atoms with Crippen molar-refractivity contribution < 1.29 is 0 Å². The number of anilines is 1. The fourth-order valence-electron chi connectivity index (χ4n) is 2.38. The highest BCUT2D eigenvalue weighted by atomic mass is 15.3. The minimum absolute atomic E-state index is 0.598. The third-order valence-electron chi connectivity index (χ3n) is 3.35. The number of aryl methyl sites for hydroxylation is 1. The van der Waals surface area contributed by atoms with Crippen LogP contribution in [0.4, 0.5) is 5.82 Å². The number of aromatic nitrogens is 2. The largest absolute Gasteiger partial charge is 0.365 e. The van der Waals surface area contributed by atoms with Crippen LogP contribution in [0.15, 0.2) is 12.3 Å². The normalized spacial score (nSPS) is 27.1. The molecule has 1 aliphatic heterocycles. The first-order valence-electron chi connectivity index (χ1n) is 5.81. The Morgan fingerprint density at radius 2 is 2.27 bits per heavy atom. The number of rotatable bonds is 3. The van der Waals surface area contributed by atoms with E-state index in [0.717, 1.165) is 11.9 Å². The predicted octanol–water partition coefficient (Wildman–Crippen LogP) is 1.07. The lowest BCUT2D eigenvalue weighted by molar-refractivity contribution is 0.326. The summed E-state index contributed by atoms with van der Waals surface area (Å²) in [6, 6.07) is 3.54. The molecule has 2 fully saturated rings. The number of nitrogens with one attached hydrogen (secondary N) is 1. The topological polar surface area (TPSA) is 33.1 Å². The number of hydrogen-bond donors (Lipinski definition) is 1.